The number of carbonyl (C=O) groups excluding carboxylic acids is 2. The Morgan fingerprint density at radius 2 is 1.90 bits per heavy atom. The molecule has 1 atom stereocenters. The number of amides is 2. The molecular weight excluding hydrogens is 270 g/mol. The van der Waals surface area contributed by atoms with Gasteiger partial charge < -0.3 is 9.64 Å². The first-order valence-corrected chi connectivity index (χ1v) is 6.94. The van der Waals surface area contributed by atoms with Gasteiger partial charge in [0.15, 0.2) is 0 Å². The highest BCUT2D eigenvalue weighted by atomic mass is 19.3. The summed E-state index contributed by atoms with van der Waals surface area (Å²) in [7, 11) is 0. The lowest BCUT2D eigenvalue weighted by molar-refractivity contribution is -0.144. The second kappa shape index (κ2) is 5.93. The van der Waals surface area contributed by atoms with Crippen molar-refractivity contribution in [3.8, 4) is 0 Å². The molecule has 2 fully saturated rings. The Hall–Kier alpha value is -1.40. The minimum atomic E-state index is -2.95. The van der Waals surface area contributed by atoms with Gasteiger partial charge in [-0.2, -0.15) is 8.78 Å². The molecule has 5 nitrogen and oxygen atoms in total. The van der Waals surface area contributed by atoms with Crippen LogP contribution < -0.4 is 0 Å². The maximum atomic E-state index is 12.4. The smallest absolute Gasteiger partial charge is 0.410 e. The Balaban J connectivity index is 1.96. The predicted octanol–water partition coefficient (Wildman–Crippen LogP) is 1.72. The minimum Gasteiger partial charge on any atom is -0.447 e. The molecule has 20 heavy (non-hydrogen) atoms. The fourth-order valence-corrected chi connectivity index (χ4v) is 2.88. The molecule has 0 saturated carbocycles. The van der Waals surface area contributed by atoms with Crippen molar-refractivity contribution < 1.29 is 23.1 Å². The third-order valence-electron chi connectivity index (χ3n) is 4.07. The Morgan fingerprint density at radius 3 is 2.40 bits per heavy atom. The van der Waals surface area contributed by atoms with Gasteiger partial charge in [0, 0.05) is 19.1 Å². The molecule has 0 aromatic carbocycles. The van der Waals surface area contributed by atoms with Crippen LogP contribution in [-0.2, 0) is 9.53 Å². The number of alkyl halides is 2. The fourth-order valence-electron chi connectivity index (χ4n) is 2.88. The highest BCUT2D eigenvalue weighted by Crippen LogP contribution is 2.27. The van der Waals surface area contributed by atoms with Gasteiger partial charge in [0.1, 0.15) is 6.61 Å². The molecule has 1 unspecified atom stereocenters. The molecule has 2 saturated heterocycles. The van der Waals surface area contributed by atoms with Gasteiger partial charge in [0.2, 0.25) is 0 Å². The number of halogens is 2. The van der Waals surface area contributed by atoms with Crippen LogP contribution in [0.3, 0.4) is 0 Å². The quantitative estimate of drug-likeness (QED) is 0.795. The molecule has 2 rings (SSSR count). The molecule has 0 aromatic heterocycles. The first-order chi connectivity index (χ1) is 9.41. The van der Waals surface area contributed by atoms with Crippen LogP contribution in [0.25, 0.3) is 0 Å². The zero-order valence-corrected chi connectivity index (χ0v) is 11.7. The van der Waals surface area contributed by atoms with Gasteiger partial charge in [-0.15, -0.1) is 0 Å². The number of piperidine rings is 1. The number of cyclic esters (lactones) is 1. The summed E-state index contributed by atoms with van der Waals surface area (Å²) in [6, 6.07) is 0.00368. The van der Waals surface area contributed by atoms with Crippen molar-refractivity contribution in [2.75, 3.05) is 19.7 Å². The summed E-state index contributed by atoms with van der Waals surface area (Å²) in [5.41, 5.74) is 0. The predicted molar refractivity (Wildman–Crippen MR) is 67.4 cm³/mol. The molecule has 0 radical (unpaired) electrons. The second-order valence-corrected chi connectivity index (χ2v) is 5.65. The largest absolute Gasteiger partial charge is 0.447 e. The first-order valence-electron chi connectivity index (χ1n) is 6.94. The molecular formula is C13H20F2N2O3. The third-order valence-corrected chi connectivity index (χ3v) is 4.07. The standard InChI is InChI=1S/C13H20F2N2O3/c1-8(2)10-7-20-13(19)17(10)9-3-5-16(6-4-9)12(18)11(14)15/h8-11H,3-7H2,1-2H3. The number of hydrogen-bond donors (Lipinski definition) is 0. The van der Waals surface area contributed by atoms with Crippen LogP contribution in [0.1, 0.15) is 26.7 Å². The minimum absolute atomic E-state index is 0.0286. The van der Waals surface area contributed by atoms with Crippen molar-refractivity contribution in [1.29, 1.82) is 0 Å². The van der Waals surface area contributed by atoms with E-state index in [2.05, 4.69) is 0 Å². The van der Waals surface area contributed by atoms with E-state index >= 15 is 0 Å². The highest BCUT2D eigenvalue weighted by molar-refractivity contribution is 5.79. The summed E-state index contributed by atoms with van der Waals surface area (Å²) in [6.07, 6.45) is -2.23. The van der Waals surface area contributed by atoms with Crippen LogP contribution in [0.2, 0.25) is 0 Å². The third kappa shape index (κ3) is 2.86. The van der Waals surface area contributed by atoms with E-state index < -0.39 is 12.3 Å². The highest BCUT2D eigenvalue weighted by Gasteiger charge is 2.41. The Kier molecular flexibility index (Phi) is 4.45. The van der Waals surface area contributed by atoms with Crippen molar-refractivity contribution in [3.63, 3.8) is 0 Å². The molecule has 0 aromatic rings. The van der Waals surface area contributed by atoms with Crippen LogP contribution in [0.4, 0.5) is 13.6 Å². The summed E-state index contributed by atoms with van der Waals surface area (Å²) in [5.74, 6) is -0.838. The molecule has 2 aliphatic heterocycles. The Labute approximate surface area is 116 Å². The van der Waals surface area contributed by atoms with Gasteiger partial charge in [-0.25, -0.2) is 4.79 Å². The summed E-state index contributed by atoms with van der Waals surface area (Å²) in [4.78, 5) is 26.0. The lowest BCUT2D eigenvalue weighted by Crippen LogP contribution is -2.51. The number of hydrogen-bond acceptors (Lipinski definition) is 3. The van der Waals surface area contributed by atoms with Gasteiger partial charge in [0.05, 0.1) is 6.04 Å². The van der Waals surface area contributed by atoms with Crippen molar-refractivity contribution in [3.05, 3.63) is 0 Å². The second-order valence-electron chi connectivity index (χ2n) is 5.65. The van der Waals surface area contributed by atoms with Gasteiger partial charge >= 0.3 is 12.5 Å². The van der Waals surface area contributed by atoms with Gasteiger partial charge in [-0.05, 0) is 18.8 Å². The average molecular weight is 290 g/mol. The molecule has 2 aliphatic rings. The van der Waals surface area contributed by atoms with E-state index in [0.29, 0.717) is 19.4 Å². The number of nitrogens with zero attached hydrogens (tertiary/aromatic N) is 2. The Bertz CT molecular complexity index is 382. The molecule has 0 aliphatic carbocycles. The van der Waals surface area contributed by atoms with E-state index in [1.807, 2.05) is 13.8 Å². The van der Waals surface area contributed by atoms with Crippen LogP contribution in [-0.4, -0.2) is 60.0 Å². The van der Waals surface area contributed by atoms with E-state index in [4.69, 9.17) is 4.74 Å². The summed E-state index contributed by atoms with van der Waals surface area (Å²) in [6.45, 7) is 4.96. The van der Waals surface area contributed by atoms with Crippen molar-refractivity contribution in [1.82, 2.24) is 9.80 Å². The summed E-state index contributed by atoms with van der Waals surface area (Å²) >= 11 is 0. The topological polar surface area (TPSA) is 49.9 Å². The first kappa shape index (κ1) is 15.0. The monoisotopic (exact) mass is 290 g/mol. The maximum absolute atomic E-state index is 12.4. The number of likely N-dealkylation sites (tertiary alicyclic amines) is 1. The van der Waals surface area contributed by atoms with Crippen molar-refractivity contribution >= 4 is 12.0 Å². The van der Waals surface area contributed by atoms with Crippen LogP contribution in [0.5, 0.6) is 0 Å². The lowest BCUT2D eigenvalue weighted by atomic mass is 9.97. The van der Waals surface area contributed by atoms with Gasteiger partial charge in [-0.3, -0.25) is 9.69 Å². The molecule has 0 bridgehead atoms. The normalized spacial score (nSPS) is 24.7. The fraction of sp³-hybridized carbons (Fsp3) is 0.846. The van der Waals surface area contributed by atoms with E-state index in [0.717, 1.165) is 0 Å². The molecule has 2 amide bonds. The van der Waals surface area contributed by atoms with Crippen molar-refractivity contribution in [2.24, 2.45) is 5.92 Å². The molecule has 0 spiro atoms. The summed E-state index contributed by atoms with van der Waals surface area (Å²) in [5, 5.41) is 0. The van der Waals surface area contributed by atoms with Crippen molar-refractivity contribution in [2.45, 2.75) is 45.2 Å². The van der Waals surface area contributed by atoms with E-state index in [9.17, 15) is 18.4 Å². The van der Waals surface area contributed by atoms with E-state index in [1.165, 1.54) is 4.90 Å². The molecule has 2 heterocycles. The molecule has 7 heteroatoms. The zero-order chi connectivity index (χ0) is 14.9. The molecule has 114 valence electrons. The lowest BCUT2D eigenvalue weighted by Gasteiger charge is -2.38. The van der Waals surface area contributed by atoms with Gasteiger partial charge in [0.25, 0.3) is 5.91 Å². The maximum Gasteiger partial charge on any atom is 0.410 e. The van der Waals surface area contributed by atoms with Crippen LogP contribution in [0.15, 0.2) is 0 Å². The number of carbonyl (C=O) groups is 2. The number of rotatable bonds is 3. The number of ether oxygens (including phenoxy) is 1. The Morgan fingerprint density at radius 1 is 1.30 bits per heavy atom. The van der Waals surface area contributed by atoms with E-state index in [1.54, 1.807) is 4.90 Å². The van der Waals surface area contributed by atoms with Crippen LogP contribution in [0, 0.1) is 5.92 Å². The van der Waals surface area contributed by atoms with E-state index in [-0.39, 0.29) is 37.2 Å². The zero-order valence-electron chi connectivity index (χ0n) is 11.7. The SMILES string of the molecule is CC(C)C1COC(=O)N1C1CCN(C(=O)C(F)F)CC1. The van der Waals surface area contributed by atoms with Gasteiger partial charge in [-0.1, -0.05) is 13.8 Å². The average Bonchev–Trinajstić information content (AvgIpc) is 2.80. The van der Waals surface area contributed by atoms with Crippen LogP contribution >= 0.6 is 0 Å². The summed E-state index contributed by atoms with van der Waals surface area (Å²) < 4.78 is 29.8. The molecule has 0 N–H and O–H groups in total.